The van der Waals surface area contributed by atoms with E-state index >= 15 is 0 Å². The van der Waals surface area contributed by atoms with Crippen molar-refractivity contribution in [2.45, 2.75) is 18.9 Å². The fourth-order valence-corrected chi connectivity index (χ4v) is 4.80. The second kappa shape index (κ2) is 8.84. The van der Waals surface area contributed by atoms with Crippen LogP contribution in [0, 0.1) is 0 Å². The Morgan fingerprint density at radius 2 is 2.13 bits per heavy atom. The summed E-state index contributed by atoms with van der Waals surface area (Å²) in [6.07, 6.45) is 3.81. The minimum absolute atomic E-state index is 0.0705. The predicted molar refractivity (Wildman–Crippen MR) is 118 cm³/mol. The number of nitrogens with one attached hydrogen (secondary N) is 1. The molecule has 0 saturated carbocycles. The molecule has 3 aromatic heterocycles. The molecule has 0 bridgehead atoms. The van der Waals surface area contributed by atoms with E-state index in [1.165, 1.54) is 0 Å². The van der Waals surface area contributed by atoms with Crippen LogP contribution in [0.1, 0.15) is 12.8 Å². The Morgan fingerprint density at radius 3 is 2.93 bits per heavy atom. The summed E-state index contributed by atoms with van der Waals surface area (Å²) >= 11 is 1.65. The second-order valence-corrected chi connectivity index (χ2v) is 8.47. The van der Waals surface area contributed by atoms with Crippen LogP contribution in [0.3, 0.4) is 0 Å². The summed E-state index contributed by atoms with van der Waals surface area (Å²) in [6.45, 7) is 6.20. The van der Waals surface area contributed by atoms with E-state index in [1.54, 1.807) is 11.3 Å². The third kappa shape index (κ3) is 3.87. The van der Waals surface area contributed by atoms with Crippen molar-refractivity contribution in [2.75, 3.05) is 62.8 Å². The summed E-state index contributed by atoms with van der Waals surface area (Å²) in [4.78, 5) is 18.8. The van der Waals surface area contributed by atoms with Crippen LogP contribution in [0.4, 0.5) is 11.8 Å². The van der Waals surface area contributed by atoms with Gasteiger partial charge in [-0.3, -0.25) is 9.47 Å². The van der Waals surface area contributed by atoms with Crippen LogP contribution in [0.5, 0.6) is 0 Å². The maximum Gasteiger partial charge on any atom is 0.229 e. The Labute approximate surface area is 179 Å². The monoisotopic (exact) mass is 429 g/mol. The second-order valence-electron chi connectivity index (χ2n) is 7.69. The molecule has 2 aliphatic rings. The number of ether oxygens (including phenoxy) is 1. The first-order valence-electron chi connectivity index (χ1n) is 10.5. The van der Waals surface area contributed by atoms with E-state index in [4.69, 9.17) is 14.7 Å². The van der Waals surface area contributed by atoms with E-state index in [1.807, 2.05) is 16.3 Å². The van der Waals surface area contributed by atoms with Crippen LogP contribution < -0.4 is 10.2 Å². The van der Waals surface area contributed by atoms with Crippen molar-refractivity contribution in [3.8, 4) is 5.69 Å². The van der Waals surface area contributed by atoms with Crippen LogP contribution in [-0.2, 0) is 4.74 Å². The topological polar surface area (TPSA) is 91.6 Å². The van der Waals surface area contributed by atoms with E-state index in [2.05, 4.69) is 31.5 Å². The normalized spacial score (nSPS) is 20.3. The summed E-state index contributed by atoms with van der Waals surface area (Å²) < 4.78 is 7.44. The van der Waals surface area contributed by atoms with Gasteiger partial charge in [0.15, 0.2) is 17.0 Å². The average molecular weight is 430 g/mol. The highest BCUT2D eigenvalue weighted by molar-refractivity contribution is 7.08. The molecule has 2 aliphatic heterocycles. The third-order valence-electron chi connectivity index (χ3n) is 5.84. The Morgan fingerprint density at radius 1 is 1.23 bits per heavy atom. The van der Waals surface area contributed by atoms with E-state index in [9.17, 15) is 5.11 Å². The predicted octanol–water partition coefficient (Wildman–Crippen LogP) is 1.58. The van der Waals surface area contributed by atoms with Crippen molar-refractivity contribution >= 4 is 34.3 Å². The molecule has 160 valence electrons. The Kier molecular flexibility index (Phi) is 5.80. The number of imidazole rings is 1. The fourth-order valence-electron chi connectivity index (χ4n) is 4.17. The van der Waals surface area contributed by atoms with Gasteiger partial charge in [0.2, 0.25) is 5.95 Å². The van der Waals surface area contributed by atoms with Crippen LogP contribution in [0.25, 0.3) is 16.9 Å². The number of aliphatic hydroxyl groups excluding tert-OH is 1. The van der Waals surface area contributed by atoms with Crippen LogP contribution >= 0.6 is 11.3 Å². The van der Waals surface area contributed by atoms with E-state index in [0.29, 0.717) is 5.95 Å². The Balaban J connectivity index is 1.46. The third-order valence-corrected chi connectivity index (χ3v) is 6.51. The first-order chi connectivity index (χ1) is 14.8. The molecule has 0 spiro atoms. The summed E-state index contributed by atoms with van der Waals surface area (Å²) in [7, 11) is 0. The van der Waals surface area contributed by atoms with Gasteiger partial charge in [0.05, 0.1) is 31.5 Å². The van der Waals surface area contributed by atoms with Gasteiger partial charge < -0.3 is 20.1 Å². The molecule has 2 N–H and O–H groups in total. The van der Waals surface area contributed by atoms with Crippen molar-refractivity contribution < 1.29 is 9.84 Å². The average Bonchev–Trinajstić information content (AvgIpc) is 3.53. The lowest BCUT2D eigenvalue weighted by molar-refractivity contribution is 0.0398. The zero-order valence-corrected chi connectivity index (χ0v) is 17.7. The first kappa shape index (κ1) is 19.7. The Hall–Kier alpha value is -2.27. The largest absolute Gasteiger partial charge is 0.394 e. The highest BCUT2D eigenvalue weighted by Crippen LogP contribution is 2.29. The van der Waals surface area contributed by atoms with E-state index in [-0.39, 0.29) is 12.6 Å². The lowest BCUT2D eigenvalue weighted by atomic mass is 10.2. The molecular formula is C20H27N7O2S. The molecule has 10 heteroatoms. The molecule has 9 nitrogen and oxygen atoms in total. The van der Waals surface area contributed by atoms with Crippen LogP contribution in [0.15, 0.2) is 23.2 Å². The van der Waals surface area contributed by atoms with Crippen molar-refractivity contribution in [2.24, 2.45) is 0 Å². The SMILES string of the molecule is OCC1CCCN1c1nc(NCCN2CCOCC2)c2ncn(-c3ccsc3)c2n1. The lowest BCUT2D eigenvalue weighted by Crippen LogP contribution is -2.39. The van der Waals surface area contributed by atoms with Gasteiger partial charge in [-0.1, -0.05) is 0 Å². The maximum absolute atomic E-state index is 9.79. The van der Waals surface area contributed by atoms with Gasteiger partial charge in [-0.15, -0.1) is 0 Å². The van der Waals surface area contributed by atoms with Gasteiger partial charge in [0.25, 0.3) is 0 Å². The molecular weight excluding hydrogens is 402 g/mol. The number of morpholine rings is 1. The number of hydrogen-bond acceptors (Lipinski definition) is 9. The maximum atomic E-state index is 9.79. The standard InChI is InChI=1S/C20H27N7O2S/c28-12-15-2-1-5-26(15)20-23-18(21-4-6-25-7-9-29-10-8-25)17-19(24-20)27(14-22-17)16-3-11-30-13-16/h3,11,13-15,28H,1-2,4-10,12H2,(H,21,23,24). The zero-order chi connectivity index (χ0) is 20.3. The number of aromatic nitrogens is 4. The van der Waals surface area contributed by atoms with Gasteiger partial charge in [0, 0.05) is 38.1 Å². The molecule has 3 aromatic rings. The molecule has 0 aliphatic carbocycles. The number of thiophene rings is 1. The summed E-state index contributed by atoms with van der Waals surface area (Å²) in [5, 5.41) is 17.4. The smallest absolute Gasteiger partial charge is 0.229 e. The minimum Gasteiger partial charge on any atom is -0.394 e. The molecule has 0 aromatic carbocycles. The van der Waals surface area contributed by atoms with E-state index in [0.717, 1.165) is 81.4 Å². The fraction of sp³-hybridized carbons (Fsp3) is 0.550. The number of fused-ring (bicyclic) bond motifs is 1. The van der Waals surface area contributed by atoms with Gasteiger partial charge in [0.1, 0.15) is 6.33 Å². The summed E-state index contributed by atoms with van der Waals surface area (Å²) in [5.41, 5.74) is 2.61. The van der Waals surface area contributed by atoms with Crippen LogP contribution in [-0.4, -0.2) is 88.1 Å². The van der Waals surface area contributed by atoms with Crippen molar-refractivity contribution in [3.05, 3.63) is 23.2 Å². The van der Waals surface area contributed by atoms with Crippen molar-refractivity contribution in [1.82, 2.24) is 24.4 Å². The highest BCUT2D eigenvalue weighted by Gasteiger charge is 2.28. The summed E-state index contributed by atoms with van der Waals surface area (Å²) in [5.74, 6) is 1.41. The molecule has 0 amide bonds. The van der Waals surface area contributed by atoms with E-state index < -0.39 is 0 Å². The number of rotatable bonds is 7. The minimum atomic E-state index is 0.0705. The number of nitrogens with zero attached hydrogens (tertiary/aromatic N) is 6. The molecule has 1 unspecified atom stereocenters. The molecule has 30 heavy (non-hydrogen) atoms. The number of hydrogen-bond donors (Lipinski definition) is 2. The number of aliphatic hydroxyl groups is 1. The highest BCUT2D eigenvalue weighted by atomic mass is 32.1. The summed E-state index contributed by atoms with van der Waals surface area (Å²) in [6, 6.07) is 2.13. The molecule has 5 rings (SSSR count). The van der Waals surface area contributed by atoms with Gasteiger partial charge in [-0.05, 0) is 24.3 Å². The molecule has 1 atom stereocenters. The first-order valence-corrected chi connectivity index (χ1v) is 11.5. The quantitative estimate of drug-likeness (QED) is 0.585. The lowest BCUT2D eigenvalue weighted by Gasteiger charge is -2.27. The van der Waals surface area contributed by atoms with Crippen molar-refractivity contribution in [3.63, 3.8) is 0 Å². The van der Waals surface area contributed by atoms with Crippen LogP contribution in [0.2, 0.25) is 0 Å². The molecule has 5 heterocycles. The molecule has 2 fully saturated rings. The number of anilines is 2. The van der Waals surface area contributed by atoms with Gasteiger partial charge in [-0.25, -0.2) is 4.98 Å². The molecule has 2 saturated heterocycles. The van der Waals surface area contributed by atoms with Gasteiger partial charge >= 0.3 is 0 Å². The Bertz CT molecular complexity index is 971. The zero-order valence-electron chi connectivity index (χ0n) is 16.9. The van der Waals surface area contributed by atoms with Gasteiger partial charge in [-0.2, -0.15) is 21.3 Å². The molecule has 0 radical (unpaired) electrons. The van der Waals surface area contributed by atoms with Crippen molar-refractivity contribution in [1.29, 1.82) is 0 Å².